The molecule has 1 saturated heterocycles. The van der Waals surface area contributed by atoms with Crippen LogP contribution in [-0.2, 0) is 16.6 Å². The van der Waals surface area contributed by atoms with Crippen LogP contribution in [0.5, 0.6) is 5.75 Å². The van der Waals surface area contributed by atoms with Gasteiger partial charge >= 0.3 is 0 Å². The monoisotopic (exact) mass is 327 g/mol. The van der Waals surface area contributed by atoms with E-state index in [9.17, 15) is 4.79 Å². The molecule has 0 radical (unpaired) electrons. The highest BCUT2D eigenvalue weighted by atomic mass is 16.5. The Labute approximate surface area is 145 Å². The molecule has 0 aromatic heterocycles. The van der Waals surface area contributed by atoms with Crippen molar-refractivity contribution < 1.29 is 9.53 Å². The molecule has 130 valence electrons. The predicted molar refractivity (Wildman–Crippen MR) is 95.4 cm³/mol. The molecule has 0 N–H and O–H groups in total. The summed E-state index contributed by atoms with van der Waals surface area (Å²) in [4.78, 5) is 13.6. The van der Waals surface area contributed by atoms with Crippen molar-refractivity contribution in [3.63, 3.8) is 0 Å². The van der Waals surface area contributed by atoms with Gasteiger partial charge in [-0.15, -0.1) is 0 Å². The number of hydrogen-bond donors (Lipinski definition) is 0. The highest BCUT2D eigenvalue weighted by molar-refractivity contribution is 5.52. The average molecular weight is 327 g/mol. The molecule has 3 aliphatic rings. The minimum absolute atomic E-state index is 0.292. The van der Waals surface area contributed by atoms with Crippen molar-refractivity contribution in [3.8, 4) is 5.75 Å². The Morgan fingerprint density at radius 3 is 3.08 bits per heavy atom. The Morgan fingerprint density at radius 1 is 1.33 bits per heavy atom. The van der Waals surface area contributed by atoms with Crippen molar-refractivity contribution in [1.82, 2.24) is 4.90 Å². The van der Waals surface area contributed by atoms with Gasteiger partial charge in [0.25, 0.3) is 0 Å². The second-order valence-electron chi connectivity index (χ2n) is 7.89. The predicted octanol–water partition coefficient (Wildman–Crippen LogP) is 4.08. The number of fused-ring (bicyclic) bond motifs is 1. The van der Waals surface area contributed by atoms with Crippen LogP contribution in [0.1, 0.15) is 63.0 Å². The molecule has 1 unspecified atom stereocenters. The highest BCUT2D eigenvalue weighted by Gasteiger charge is 2.53. The summed E-state index contributed by atoms with van der Waals surface area (Å²) < 4.78 is 6.00. The van der Waals surface area contributed by atoms with Gasteiger partial charge in [-0.2, -0.15) is 0 Å². The first kappa shape index (κ1) is 16.0. The van der Waals surface area contributed by atoms with Gasteiger partial charge in [0.15, 0.2) is 0 Å². The van der Waals surface area contributed by atoms with Crippen LogP contribution in [0, 0.1) is 5.92 Å². The quantitative estimate of drug-likeness (QED) is 0.602. The maximum Gasteiger partial charge on any atom is 0.209 e. The number of rotatable bonds is 5. The maximum atomic E-state index is 11.6. The first-order valence-electron chi connectivity index (χ1n) is 9.76. The molecule has 2 bridgehead atoms. The summed E-state index contributed by atoms with van der Waals surface area (Å²) in [7, 11) is 0. The van der Waals surface area contributed by atoms with Crippen LogP contribution in [0.2, 0.25) is 0 Å². The number of carbonyl (C=O) groups excluding carboxylic acids is 1. The Hall–Kier alpha value is -1.51. The molecular weight excluding hydrogens is 298 g/mol. The van der Waals surface area contributed by atoms with Crippen molar-refractivity contribution in [2.45, 2.75) is 69.7 Å². The van der Waals surface area contributed by atoms with Gasteiger partial charge in [0.05, 0.1) is 6.61 Å². The van der Waals surface area contributed by atoms with Gasteiger partial charge in [0, 0.05) is 18.0 Å². The van der Waals surface area contributed by atoms with E-state index >= 15 is 0 Å². The highest BCUT2D eigenvalue weighted by Crippen LogP contribution is 2.55. The fourth-order valence-corrected chi connectivity index (χ4v) is 5.57. The minimum atomic E-state index is 0.292. The van der Waals surface area contributed by atoms with Gasteiger partial charge in [-0.05, 0) is 61.3 Å². The van der Waals surface area contributed by atoms with Crippen LogP contribution in [0.25, 0.3) is 0 Å². The number of ether oxygens (including phenoxy) is 1. The van der Waals surface area contributed by atoms with Crippen LogP contribution < -0.4 is 4.74 Å². The molecule has 2 fully saturated rings. The molecule has 3 atom stereocenters. The van der Waals surface area contributed by atoms with Crippen LogP contribution >= 0.6 is 0 Å². The van der Waals surface area contributed by atoms with E-state index in [4.69, 9.17) is 4.74 Å². The molecule has 1 aliphatic heterocycles. The number of carbonyl (C=O) groups is 1. The summed E-state index contributed by atoms with van der Waals surface area (Å²) in [5.74, 6) is 1.68. The summed E-state index contributed by atoms with van der Waals surface area (Å²) >= 11 is 0. The van der Waals surface area contributed by atoms with E-state index in [-0.39, 0.29) is 0 Å². The number of unbranched alkanes of at least 4 members (excludes halogenated alkanes) is 1. The Morgan fingerprint density at radius 2 is 2.25 bits per heavy atom. The van der Waals surface area contributed by atoms with Crippen LogP contribution in [0.3, 0.4) is 0 Å². The summed E-state index contributed by atoms with van der Waals surface area (Å²) in [6.45, 7) is 3.93. The smallest absolute Gasteiger partial charge is 0.209 e. The fraction of sp³-hybridized carbons (Fsp3) is 0.667. The van der Waals surface area contributed by atoms with Crippen molar-refractivity contribution in [2.24, 2.45) is 5.92 Å². The summed E-state index contributed by atoms with van der Waals surface area (Å²) in [6, 6.07) is 7.16. The SMILES string of the molecule is CCCCOc1ccc2c(c1)[C@]13CCCCC1[C@H](C2)N(C=O)CC3. The molecule has 1 aromatic carbocycles. The lowest BCUT2D eigenvalue weighted by Gasteiger charge is -2.58. The molecule has 1 saturated carbocycles. The zero-order chi connectivity index (χ0) is 16.6. The van der Waals surface area contributed by atoms with E-state index < -0.39 is 0 Å². The summed E-state index contributed by atoms with van der Waals surface area (Å²) in [5.41, 5.74) is 3.29. The number of hydrogen-bond acceptors (Lipinski definition) is 2. The largest absolute Gasteiger partial charge is 0.494 e. The Bertz CT molecular complexity index is 614. The van der Waals surface area contributed by atoms with Gasteiger partial charge in [-0.3, -0.25) is 4.79 Å². The molecule has 1 amide bonds. The van der Waals surface area contributed by atoms with Gasteiger partial charge in [-0.25, -0.2) is 0 Å². The van der Waals surface area contributed by atoms with Gasteiger partial charge in [-0.1, -0.05) is 32.3 Å². The third-order valence-electron chi connectivity index (χ3n) is 6.75. The van der Waals surface area contributed by atoms with Gasteiger partial charge < -0.3 is 9.64 Å². The normalized spacial score (nSPS) is 31.1. The zero-order valence-electron chi connectivity index (χ0n) is 14.8. The molecule has 3 nitrogen and oxygen atoms in total. The molecular formula is C21H29NO2. The second-order valence-corrected chi connectivity index (χ2v) is 7.89. The number of piperidine rings is 1. The van der Waals surface area contributed by atoms with Crippen molar-refractivity contribution in [3.05, 3.63) is 29.3 Å². The topological polar surface area (TPSA) is 29.5 Å². The lowest BCUT2D eigenvalue weighted by Crippen LogP contribution is -2.60. The van der Waals surface area contributed by atoms with E-state index in [1.54, 1.807) is 5.56 Å². The molecule has 3 heteroatoms. The maximum absolute atomic E-state index is 11.6. The van der Waals surface area contributed by atoms with Crippen LogP contribution in [0.15, 0.2) is 18.2 Å². The minimum Gasteiger partial charge on any atom is -0.494 e. The molecule has 0 spiro atoms. The Balaban J connectivity index is 1.71. The molecule has 2 aliphatic carbocycles. The fourth-order valence-electron chi connectivity index (χ4n) is 5.57. The van der Waals surface area contributed by atoms with E-state index in [0.29, 0.717) is 17.4 Å². The van der Waals surface area contributed by atoms with E-state index in [2.05, 4.69) is 30.0 Å². The van der Waals surface area contributed by atoms with Gasteiger partial charge in [0.2, 0.25) is 6.41 Å². The standard InChI is InChI=1S/C21H29NO2/c1-2-3-12-24-17-8-7-16-13-20-18-6-4-5-9-21(18,19(16)14-17)10-11-22(20)15-23/h7-8,14-15,18,20H,2-6,9-13H2,1H3/t18?,20-,21-/m0/s1. The van der Waals surface area contributed by atoms with Crippen molar-refractivity contribution in [2.75, 3.05) is 13.2 Å². The zero-order valence-corrected chi connectivity index (χ0v) is 14.8. The van der Waals surface area contributed by atoms with Crippen LogP contribution in [-0.4, -0.2) is 30.5 Å². The molecule has 4 rings (SSSR count). The Kier molecular flexibility index (Phi) is 4.28. The van der Waals surface area contributed by atoms with Crippen LogP contribution in [0.4, 0.5) is 0 Å². The number of amides is 1. The third-order valence-corrected chi connectivity index (χ3v) is 6.75. The number of benzene rings is 1. The van der Waals surface area contributed by atoms with Crippen molar-refractivity contribution >= 4 is 6.41 Å². The third kappa shape index (κ3) is 2.44. The second kappa shape index (κ2) is 6.42. The first-order valence-corrected chi connectivity index (χ1v) is 9.76. The van der Waals surface area contributed by atoms with Gasteiger partial charge in [0.1, 0.15) is 5.75 Å². The summed E-state index contributed by atoms with van der Waals surface area (Å²) in [5, 5.41) is 0. The lowest BCUT2D eigenvalue weighted by atomic mass is 9.52. The van der Waals surface area contributed by atoms with E-state index in [1.807, 2.05) is 0 Å². The molecule has 1 aromatic rings. The summed E-state index contributed by atoms with van der Waals surface area (Å²) in [6.07, 6.45) is 10.7. The lowest BCUT2D eigenvalue weighted by molar-refractivity contribution is -0.126. The van der Waals surface area contributed by atoms with Crippen molar-refractivity contribution in [1.29, 1.82) is 0 Å². The first-order chi connectivity index (χ1) is 11.8. The average Bonchev–Trinajstić information content (AvgIpc) is 2.62. The van der Waals surface area contributed by atoms with E-state index in [0.717, 1.165) is 44.6 Å². The number of nitrogens with zero attached hydrogens (tertiary/aromatic N) is 1. The molecule has 1 heterocycles. The molecule has 24 heavy (non-hydrogen) atoms. The number of likely N-dealkylation sites (tertiary alicyclic amines) is 1. The van der Waals surface area contributed by atoms with E-state index in [1.165, 1.54) is 37.7 Å².